The lowest BCUT2D eigenvalue weighted by molar-refractivity contribution is -0.153. The summed E-state index contributed by atoms with van der Waals surface area (Å²) in [5.41, 5.74) is 1.99. The van der Waals surface area contributed by atoms with Crippen LogP contribution in [0.5, 0.6) is 0 Å². The number of esters is 1. The fraction of sp³-hybridized carbons (Fsp3) is 0.400. The van der Waals surface area contributed by atoms with Crippen molar-refractivity contribution in [2.24, 2.45) is 0 Å². The summed E-state index contributed by atoms with van der Waals surface area (Å²) >= 11 is 1.53. The van der Waals surface area contributed by atoms with Crippen molar-refractivity contribution in [2.45, 2.75) is 39.7 Å². The highest BCUT2D eigenvalue weighted by molar-refractivity contribution is 7.18. The molecule has 20 heavy (non-hydrogen) atoms. The van der Waals surface area contributed by atoms with Crippen molar-refractivity contribution in [2.75, 3.05) is 0 Å². The van der Waals surface area contributed by atoms with Crippen LogP contribution < -0.4 is 0 Å². The largest absolute Gasteiger partial charge is 0.460 e. The number of pyridine rings is 1. The summed E-state index contributed by atoms with van der Waals surface area (Å²) < 4.78 is 5.34. The maximum absolute atomic E-state index is 11.9. The van der Waals surface area contributed by atoms with E-state index in [1.54, 1.807) is 12.3 Å². The number of aromatic nitrogens is 2. The van der Waals surface area contributed by atoms with Crippen LogP contribution in [0.25, 0.3) is 16.4 Å². The van der Waals surface area contributed by atoms with Crippen LogP contribution in [0, 0.1) is 6.92 Å². The van der Waals surface area contributed by atoms with Gasteiger partial charge in [0.05, 0.1) is 11.4 Å². The van der Waals surface area contributed by atoms with Crippen LogP contribution in [-0.2, 0) is 16.0 Å². The first-order valence-electron chi connectivity index (χ1n) is 6.39. The first-order valence-corrected chi connectivity index (χ1v) is 7.21. The van der Waals surface area contributed by atoms with Crippen LogP contribution in [0.15, 0.2) is 12.8 Å². The summed E-state index contributed by atoms with van der Waals surface area (Å²) in [6.07, 6.45) is 3.61. The standard InChI is InChI=1S/C15H18N2O2S/c1-6-11-10(7-12(18)19-15(3,4)5)8-16-14-13(11)17-9(2)20-14/h6,8H,1,7H2,2-5H3. The number of ether oxygens (including phenoxy) is 1. The molecule has 5 heteroatoms. The smallest absolute Gasteiger partial charge is 0.310 e. The Hall–Kier alpha value is -1.75. The average Bonchev–Trinajstić information content (AvgIpc) is 2.66. The molecule has 106 valence electrons. The minimum atomic E-state index is -0.486. The lowest BCUT2D eigenvalue weighted by Crippen LogP contribution is -2.25. The Balaban J connectivity index is 2.35. The minimum absolute atomic E-state index is 0.179. The molecule has 0 saturated carbocycles. The van der Waals surface area contributed by atoms with E-state index in [4.69, 9.17) is 4.74 Å². The molecule has 0 radical (unpaired) electrons. The molecule has 2 aromatic rings. The summed E-state index contributed by atoms with van der Waals surface area (Å²) in [4.78, 5) is 21.6. The molecule has 0 aliphatic heterocycles. The highest BCUT2D eigenvalue weighted by Crippen LogP contribution is 2.26. The molecule has 2 heterocycles. The SMILES string of the molecule is C=Cc1c(CC(=O)OC(C)(C)C)cnc2sc(C)nc12. The zero-order chi connectivity index (χ0) is 14.9. The Morgan fingerprint density at radius 1 is 1.50 bits per heavy atom. The molecule has 0 saturated heterocycles. The van der Waals surface area contributed by atoms with E-state index < -0.39 is 5.60 Å². The van der Waals surface area contributed by atoms with Crippen molar-refractivity contribution >= 4 is 33.7 Å². The van der Waals surface area contributed by atoms with Crippen molar-refractivity contribution in [1.82, 2.24) is 9.97 Å². The van der Waals surface area contributed by atoms with Crippen LogP contribution in [0.2, 0.25) is 0 Å². The van der Waals surface area contributed by atoms with Crippen LogP contribution in [0.4, 0.5) is 0 Å². The average molecular weight is 290 g/mol. The summed E-state index contributed by atoms with van der Waals surface area (Å²) in [7, 11) is 0. The molecule has 0 spiro atoms. The highest BCUT2D eigenvalue weighted by atomic mass is 32.1. The van der Waals surface area contributed by atoms with Gasteiger partial charge in [-0.2, -0.15) is 0 Å². The summed E-state index contributed by atoms with van der Waals surface area (Å²) in [6.45, 7) is 11.3. The predicted molar refractivity (Wildman–Crippen MR) is 81.8 cm³/mol. The van der Waals surface area contributed by atoms with E-state index in [1.807, 2.05) is 27.7 Å². The number of hydrogen-bond donors (Lipinski definition) is 0. The fourth-order valence-corrected chi connectivity index (χ4v) is 2.71. The van der Waals surface area contributed by atoms with Crippen molar-refractivity contribution in [3.05, 3.63) is 28.9 Å². The first-order chi connectivity index (χ1) is 9.30. The van der Waals surface area contributed by atoms with Gasteiger partial charge in [-0.3, -0.25) is 4.79 Å². The molecule has 2 aromatic heterocycles. The van der Waals surface area contributed by atoms with Gasteiger partial charge in [-0.1, -0.05) is 24.0 Å². The zero-order valence-corrected chi connectivity index (χ0v) is 13.0. The van der Waals surface area contributed by atoms with E-state index in [9.17, 15) is 4.79 Å². The molecule has 0 aliphatic rings. The van der Waals surface area contributed by atoms with Crippen LogP contribution >= 0.6 is 11.3 Å². The normalized spacial score (nSPS) is 11.6. The van der Waals surface area contributed by atoms with Gasteiger partial charge in [-0.15, -0.1) is 0 Å². The van der Waals surface area contributed by atoms with Crippen LogP contribution in [0.3, 0.4) is 0 Å². The van der Waals surface area contributed by atoms with Gasteiger partial charge in [0.15, 0.2) is 0 Å². The topological polar surface area (TPSA) is 52.1 Å². The van der Waals surface area contributed by atoms with E-state index >= 15 is 0 Å². The molecule has 0 amide bonds. The molecule has 0 aliphatic carbocycles. The van der Waals surface area contributed by atoms with Crippen molar-refractivity contribution < 1.29 is 9.53 Å². The maximum atomic E-state index is 11.9. The Morgan fingerprint density at radius 3 is 2.80 bits per heavy atom. The summed E-state index contributed by atoms with van der Waals surface area (Å²) in [5.74, 6) is -0.270. The molecular formula is C15H18N2O2S. The number of aryl methyl sites for hydroxylation is 1. The Kier molecular flexibility index (Phi) is 3.90. The maximum Gasteiger partial charge on any atom is 0.310 e. The number of fused-ring (bicyclic) bond motifs is 1. The number of rotatable bonds is 3. The third-order valence-corrected chi connectivity index (χ3v) is 3.49. The molecule has 0 unspecified atom stereocenters. The van der Waals surface area contributed by atoms with Gasteiger partial charge >= 0.3 is 5.97 Å². The van der Waals surface area contributed by atoms with Crippen LogP contribution in [0.1, 0.15) is 36.9 Å². The van der Waals surface area contributed by atoms with Crippen molar-refractivity contribution in [3.8, 4) is 0 Å². The molecule has 0 aromatic carbocycles. The number of carbonyl (C=O) groups excluding carboxylic acids is 1. The van der Waals surface area contributed by atoms with Gasteiger partial charge in [0.2, 0.25) is 0 Å². The van der Waals surface area contributed by atoms with E-state index in [-0.39, 0.29) is 12.4 Å². The van der Waals surface area contributed by atoms with Gasteiger partial charge in [-0.05, 0) is 33.3 Å². The quantitative estimate of drug-likeness (QED) is 0.811. The van der Waals surface area contributed by atoms with Crippen LogP contribution in [-0.4, -0.2) is 21.5 Å². The monoisotopic (exact) mass is 290 g/mol. The van der Waals surface area contributed by atoms with Gasteiger partial charge < -0.3 is 4.74 Å². The molecule has 2 rings (SSSR count). The third-order valence-electron chi connectivity index (χ3n) is 2.61. The third kappa shape index (κ3) is 3.22. The van der Waals surface area contributed by atoms with E-state index in [2.05, 4.69) is 16.5 Å². The number of thiazole rings is 1. The fourth-order valence-electron chi connectivity index (χ4n) is 1.94. The van der Waals surface area contributed by atoms with E-state index in [1.165, 1.54) is 11.3 Å². The second-order valence-corrected chi connectivity index (χ2v) is 6.73. The van der Waals surface area contributed by atoms with Crippen molar-refractivity contribution in [1.29, 1.82) is 0 Å². The Bertz CT molecular complexity index is 668. The lowest BCUT2D eigenvalue weighted by atomic mass is 10.1. The molecule has 0 atom stereocenters. The van der Waals surface area contributed by atoms with Gasteiger partial charge in [0.25, 0.3) is 0 Å². The summed E-state index contributed by atoms with van der Waals surface area (Å²) in [6, 6.07) is 0. The second kappa shape index (κ2) is 5.32. The van der Waals surface area contributed by atoms with E-state index in [0.29, 0.717) is 0 Å². The molecule has 4 nitrogen and oxygen atoms in total. The Labute approximate surface area is 122 Å². The van der Waals surface area contributed by atoms with Gasteiger partial charge in [-0.25, -0.2) is 9.97 Å². The van der Waals surface area contributed by atoms with E-state index in [0.717, 1.165) is 26.5 Å². The molecular weight excluding hydrogens is 272 g/mol. The zero-order valence-electron chi connectivity index (χ0n) is 12.2. The number of nitrogens with zero attached hydrogens (tertiary/aromatic N) is 2. The Morgan fingerprint density at radius 2 is 2.20 bits per heavy atom. The number of hydrogen-bond acceptors (Lipinski definition) is 5. The van der Waals surface area contributed by atoms with Crippen molar-refractivity contribution in [3.63, 3.8) is 0 Å². The first kappa shape index (κ1) is 14.7. The highest BCUT2D eigenvalue weighted by Gasteiger charge is 2.19. The second-order valence-electron chi connectivity index (χ2n) is 5.55. The summed E-state index contributed by atoms with van der Waals surface area (Å²) in [5, 5.41) is 0.949. The molecule has 0 bridgehead atoms. The molecule has 0 N–H and O–H groups in total. The lowest BCUT2D eigenvalue weighted by Gasteiger charge is -2.19. The predicted octanol–water partition coefficient (Wildman–Crippen LogP) is 3.53. The van der Waals surface area contributed by atoms with Gasteiger partial charge in [0.1, 0.15) is 15.9 Å². The molecule has 0 fully saturated rings. The minimum Gasteiger partial charge on any atom is -0.460 e. The van der Waals surface area contributed by atoms with Gasteiger partial charge in [0, 0.05) is 11.8 Å². The number of carbonyl (C=O) groups is 1.